The fourth-order valence-corrected chi connectivity index (χ4v) is 7.10. The third-order valence-corrected chi connectivity index (χ3v) is 9.29. The zero-order valence-corrected chi connectivity index (χ0v) is 23.9. The first-order valence-corrected chi connectivity index (χ1v) is 14.5. The fourth-order valence-electron chi connectivity index (χ4n) is 7.10. The van der Waals surface area contributed by atoms with Crippen molar-refractivity contribution in [1.82, 2.24) is 14.9 Å². The molecule has 2 aliphatic heterocycles. The molecule has 7 rings (SSSR count). The Kier molecular flexibility index (Phi) is 6.41. The first-order valence-electron chi connectivity index (χ1n) is 14.5. The number of piperidine rings is 1. The van der Waals surface area contributed by atoms with Crippen molar-refractivity contribution in [1.29, 1.82) is 0 Å². The first kappa shape index (κ1) is 26.2. The molecule has 2 aliphatic rings. The lowest BCUT2D eigenvalue weighted by Gasteiger charge is -2.43. The molecule has 0 saturated carbocycles. The number of anilines is 1. The second-order valence-electron chi connectivity index (χ2n) is 11.3. The summed E-state index contributed by atoms with van der Waals surface area (Å²) in [4.78, 5) is 37.6. The largest absolute Gasteiger partial charge is 0.497 e. The third kappa shape index (κ3) is 4.12. The molecule has 2 fully saturated rings. The molecule has 1 atom stereocenters. The lowest BCUT2D eigenvalue weighted by Crippen LogP contribution is -2.47. The van der Waals surface area contributed by atoms with Crippen molar-refractivity contribution in [3.63, 3.8) is 0 Å². The van der Waals surface area contributed by atoms with Crippen LogP contribution in [-0.4, -0.2) is 60.5 Å². The number of rotatable bonds is 6. The molecular formula is C34H34N4O4. The fraction of sp³-hybridized carbons (Fsp3) is 0.294. The number of likely N-dealkylation sites (tertiary alicyclic amines) is 1. The number of fused-ring (bicyclic) bond motifs is 2. The maximum Gasteiger partial charge on any atom is 0.228 e. The van der Waals surface area contributed by atoms with Gasteiger partial charge < -0.3 is 29.2 Å². The van der Waals surface area contributed by atoms with Crippen molar-refractivity contribution in [2.75, 3.05) is 38.8 Å². The molecule has 2 N–H and O–H groups in total. The van der Waals surface area contributed by atoms with Gasteiger partial charge in [-0.3, -0.25) is 9.59 Å². The standard InChI is InChI=1S/C34H34N4O4/c1-41-23-11-12-30(31(18-23)42-2)38-21-22(17-32(38)39)33(40)37-15-13-34(14-16-37,26-19-35-28-9-5-3-7-24(26)28)27-20-36-29-10-6-4-8-25(27)29/h3-12,18-20,22,35-36H,13-17,21H2,1-2H3/t22-/m1/s1. The highest BCUT2D eigenvalue weighted by atomic mass is 16.5. The lowest BCUT2D eigenvalue weighted by molar-refractivity contribution is -0.137. The molecular weight excluding hydrogens is 528 g/mol. The zero-order valence-electron chi connectivity index (χ0n) is 23.9. The van der Waals surface area contributed by atoms with Gasteiger partial charge in [0.05, 0.1) is 25.8 Å². The normalized spacial score (nSPS) is 18.6. The van der Waals surface area contributed by atoms with E-state index in [9.17, 15) is 9.59 Å². The Balaban J connectivity index is 1.16. The minimum absolute atomic E-state index is 0.0461. The SMILES string of the molecule is COc1ccc(N2C[C@H](C(=O)N3CCC(c4c[nH]c5ccccc45)(c4c[nH]c5ccccc45)CC3)CC2=O)c(OC)c1. The topological polar surface area (TPSA) is 90.7 Å². The number of aromatic nitrogens is 2. The van der Waals surface area contributed by atoms with Crippen molar-refractivity contribution in [3.05, 3.63) is 90.3 Å². The number of H-pyrrole nitrogens is 2. The van der Waals surface area contributed by atoms with Gasteiger partial charge in [-0.2, -0.15) is 0 Å². The molecule has 214 valence electrons. The number of aromatic amines is 2. The highest BCUT2D eigenvalue weighted by Crippen LogP contribution is 2.47. The van der Waals surface area contributed by atoms with Gasteiger partial charge >= 0.3 is 0 Å². The lowest BCUT2D eigenvalue weighted by atomic mass is 9.67. The van der Waals surface area contributed by atoms with Crippen LogP contribution in [0, 0.1) is 5.92 Å². The Hall–Kier alpha value is -4.72. The molecule has 2 aromatic heterocycles. The van der Waals surface area contributed by atoms with E-state index in [-0.39, 0.29) is 23.7 Å². The van der Waals surface area contributed by atoms with E-state index in [4.69, 9.17) is 9.47 Å². The van der Waals surface area contributed by atoms with Crippen LogP contribution in [0.25, 0.3) is 21.8 Å². The van der Waals surface area contributed by atoms with Crippen LogP contribution in [-0.2, 0) is 15.0 Å². The van der Waals surface area contributed by atoms with E-state index >= 15 is 0 Å². The number of nitrogens with one attached hydrogen (secondary N) is 2. The van der Waals surface area contributed by atoms with Crippen molar-refractivity contribution < 1.29 is 19.1 Å². The number of hydrogen-bond acceptors (Lipinski definition) is 4. The molecule has 2 saturated heterocycles. The highest BCUT2D eigenvalue weighted by Gasteiger charge is 2.44. The van der Waals surface area contributed by atoms with E-state index in [1.807, 2.05) is 11.0 Å². The van der Waals surface area contributed by atoms with E-state index in [1.54, 1.807) is 31.3 Å². The summed E-state index contributed by atoms with van der Waals surface area (Å²) in [7, 11) is 3.16. The van der Waals surface area contributed by atoms with E-state index in [0.717, 1.165) is 23.9 Å². The molecule has 0 radical (unpaired) electrons. The Bertz CT molecular complexity index is 1720. The monoisotopic (exact) mass is 562 g/mol. The summed E-state index contributed by atoms with van der Waals surface area (Å²) in [5, 5.41) is 2.43. The molecule has 8 nitrogen and oxygen atoms in total. The molecule has 4 heterocycles. The van der Waals surface area contributed by atoms with Gasteiger partial charge in [0, 0.05) is 71.7 Å². The Morgan fingerprint density at radius 2 is 1.48 bits per heavy atom. The summed E-state index contributed by atoms with van der Waals surface area (Å²) in [5.41, 5.74) is 5.17. The van der Waals surface area contributed by atoms with Gasteiger partial charge in [-0.15, -0.1) is 0 Å². The Morgan fingerprint density at radius 3 is 2.07 bits per heavy atom. The number of carbonyl (C=O) groups excluding carboxylic acids is 2. The summed E-state index contributed by atoms with van der Waals surface area (Å²) in [6.07, 6.45) is 6.08. The predicted molar refractivity (Wildman–Crippen MR) is 163 cm³/mol. The maximum absolute atomic E-state index is 13.9. The number of hydrogen-bond donors (Lipinski definition) is 2. The first-order chi connectivity index (χ1) is 20.5. The van der Waals surface area contributed by atoms with Gasteiger partial charge in [-0.25, -0.2) is 0 Å². The van der Waals surface area contributed by atoms with Crippen LogP contribution in [0.1, 0.15) is 30.4 Å². The van der Waals surface area contributed by atoms with Crippen LogP contribution >= 0.6 is 0 Å². The number of amides is 2. The van der Waals surface area contributed by atoms with Gasteiger partial charge in [0.2, 0.25) is 11.8 Å². The van der Waals surface area contributed by atoms with Crippen LogP contribution in [0.2, 0.25) is 0 Å². The maximum atomic E-state index is 13.9. The van der Waals surface area contributed by atoms with E-state index < -0.39 is 5.92 Å². The number of methoxy groups -OCH3 is 2. The van der Waals surface area contributed by atoms with Gasteiger partial charge in [0.1, 0.15) is 11.5 Å². The van der Waals surface area contributed by atoms with E-state index in [1.165, 1.54) is 21.9 Å². The van der Waals surface area contributed by atoms with Crippen molar-refractivity contribution in [3.8, 4) is 11.5 Å². The summed E-state index contributed by atoms with van der Waals surface area (Å²) in [5.74, 6) is 0.789. The van der Waals surface area contributed by atoms with Crippen molar-refractivity contribution in [2.24, 2.45) is 5.92 Å². The van der Waals surface area contributed by atoms with Gasteiger partial charge in [0.25, 0.3) is 0 Å². The second-order valence-corrected chi connectivity index (χ2v) is 11.3. The van der Waals surface area contributed by atoms with Crippen LogP contribution in [0.5, 0.6) is 11.5 Å². The highest BCUT2D eigenvalue weighted by molar-refractivity contribution is 6.01. The Morgan fingerprint density at radius 1 is 0.857 bits per heavy atom. The van der Waals surface area contributed by atoms with Crippen LogP contribution in [0.3, 0.4) is 0 Å². The molecule has 0 aliphatic carbocycles. The van der Waals surface area contributed by atoms with Crippen molar-refractivity contribution in [2.45, 2.75) is 24.7 Å². The Labute approximate surface area is 244 Å². The minimum atomic E-state index is -0.391. The average molecular weight is 563 g/mol. The van der Waals surface area contributed by atoms with Gasteiger partial charge in [0.15, 0.2) is 0 Å². The molecule has 0 unspecified atom stereocenters. The number of carbonyl (C=O) groups is 2. The van der Waals surface area contributed by atoms with E-state index in [2.05, 4.69) is 70.9 Å². The summed E-state index contributed by atoms with van der Waals surface area (Å²) in [6.45, 7) is 1.58. The molecule has 42 heavy (non-hydrogen) atoms. The second kappa shape index (κ2) is 10.3. The minimum Gasteiger partial charge on any atom is -0.497 e. The molecule has 2 amide bonds. The quantitative estimate of drug-likeness (QED) is 0.281. The van der Waals surface area contributed by atoms with Crippen molar-refractivity contribution >= 4 is 39.3 Å². The smallest absolute Gasteiger partial charge is 0.228 e. The summed E-state index contributed by atoms with van der Waals surface area (Å²) in [6, 6.07) is 22.2. The molecule has 3 aromatic carbocycles. The molecule has 0 bridgehead atoms. The van der Waals surface area contributed by atoms with Crippen LogP contribution in [0.15, 0.2) is 79.1 Å². The third-order valence-electron chi connectivity index (χ3n) is 9.29. The van der Waals surface area contributed by atoms with Crippen LogP contribution < -0.4 is 14.4 Å². The van der Waals surface area contributed by atoms with Gasteiger partial charge in [-0.1, -0.05) is 36.4 Å². The predicted octanol–water partition coefficient (Wildman–Crippen LogP) is 5.63. The zero-order chi connectivity index (χ0) is 28.8. The number of benzene rings is 3. The van der Waals surface area contributed by atoms with Crippen LogP contribution in [0.4, 0.5) is 5.69 Å². The average Bonchev–Trinajstić information content (AvgIpc) is 3.77. The number of para-hydroxylation sites is 2. The summed E-state index contributed by atoms with van der Waals surface area (Å²) < 4.78 is 10.9. The van der Waals surface area contributed by atoms with E-state index in [0.29, 0.717) is 36.8 Å². The van der Waals surface area contributed by atoms with Gasteiger partial charge in [-0.05, 0) is 48.2 Å². The molecule has 0 spiro atoms. The molecule has 8 heteroatoms. The summed E-state index contributed by atoms with van der Waals surface area (Å²) >= 11 is 0. The number of ether oxygens (including phenoxy) is 2. The molecule has 5 aromatic rings. The number of nitrogens with zero attached hydrogens (tertiary/aromatic N) is 2.